The largest absolute Gasteiger partial charge is 0.493 e. The zero-order valence-electron chi connectivity index (χ0n) is 14.6. The van der Waals surface area contributed by atoms with Gasteiger partial charge in [-0.15, -0.1) is 0 Å². The standard InChI is InChI=1S/C18H13BrClNO6S/c1-25-15-9-10(7-13(19)16(15)27-28(2,23)24)8-14-18(22)26-17(21-14)11-3-5-12(20)6-4-11/h3-9H,1-2H3/b14-8+. The molecule has 1 heterocycles. The summed E-state index contributed by atoms with van der Waals surface area (Å²) in [6, 6.07) is 9.79. The van der Waals surface area contributed by atoms with E-state index in [0.29, 0.717) is 20.6 Å². The van der Waals surface area contributed by atoms with Crippen LogP contribution in [0, 0.1) is 0 Å². The van der Waals surface area contributed by atoms with Crippen LogP contribution in [0.1, 0.15) is 11.1 Å². The molecule has 28 heavy (non-hydrogen) atoms. The van der Waals surface area contributed by atoms with Crippen LogP contribution in [0.5, 0.6) is 11.5 Å². The van der Waals surface area contributed by atoms with Gasteiger partial charge in [0.05, 0.1) is 17.8 Å². The minimum Gasteiger partial charge on any atom is -0.493 e. The highest BCUT2D eigenvalue weighted by Gasteiger charge is 2.24. The van der Waals surface area contributed by atoms with Gasteiger partial charge in [0, 0.05) is 10.6 Å². The van der Waals surface area contributed by atoms with Crippen molar-refractivity contribution in [2.75, 3.05) is 13.4 Å². The summed E-state index contributed by atoms with van der Waals surface area (Å²) in [4.78, 5) is 16.4. The van der Waals surface area contributed by atoms with Crippen molar-refractivity contribution in [1.29, 1.82) is 0 Å². The zero-order valence-corrected chi connectivity index (χ0v) is 17.8. The molecule has 0 unspecified atom stereocenters. The average molecular weight is 487 g/mol. The molecule has 0 aliphatic carbocycles. The van der Waals surface area contributed by atoms with Crippen molar-refractivity contribution < 1.29 is 26.9 Å². The normalized spacial score (nSPS) is 15.4. The van der Waals surface area contributed by atoms with E-state index in [1.807, 2.05) is 0 Å². The van der Waals surface area contributed by atoms with Gasteiger partial charge >= 0.3 is 16.1 Å². The summed E-state index contributed by atoms with van der Waals surface area (Å²) >= 11 is 9.10. The molecule has 2 aromatic carbocycles. The Kier molecular flexibility index (Phi) is 5.78. The molecule has 0 spiro atoms. The van der Waals surface area contributed by atoms with Crippen LogP contribution in [-0.4, -0.2) is 33.7 Å². The molecule has 1 aliphatic heterocycles. The van der Waals surface area contributed by atoms with Crippen LogP contribution in [0.2, 0.25) is 5.02 Å². The predicted octanol–water partition coefficient (Wildman–Crippen LogP) is 3.79. The van der Waals surface area contributed by atoms with Gasteiger partial charge in [0.25, 0.3) is 0 Å². The summed E-state index contributed by atoms with van der Waals surface area (Å²) in [5.41, 5.74) is 1.21. The van der Waals surface area contributed by atoms with Crippen LogP contribution in [0.25, 0.3) is 6.08 Å². The molecule has 0 radical (unpaired) electrons. The molecular formula is C18H13BrClNO6S. The molecule has 0 amide bonds. The number of methoxy groups -OCH3 is 1. The second-order valence-electron chi connectivity index (χ2n) is 5.66. The second kappa shape index (κ2) is 7.94. The molecule has 0 saturated carbocycles. The first-order valence-corrected chi connectivity index (χ1v) is 10.7. The Morgan fingerprint density at radius 1 is 1.21 bits per heavy atom. The average Bonchev–Trinajstić information content (AvgIpc) is 2.97. The third-order valence-corrected chi connectivity index (χ3v) is 4.81. The van der Waals surface area contributed by atoms with Gasteiger partial charge in [-0.05, 0) is 64.0 Å². The molecule has 2 aromatic rings. The summed E-state index contributed by atoms with van der Waals surface area (Å²) < 4.78 is 38.5. The number of benzene rings is 2. The highest BCUT2D eigenvalue weighted by molar-refractivity contribution is 9.10. The van der Waals surface area contributed by atoms with Crippen molar-refractivity contribution in [3.8, 4) is 11.5 Å². The maximum absolute atomic E-state index is 12.1. The van der Waals surface area contributed by atoms with Gasteiger partial charge in [-0.3, -0.25) is 0 Å². The first-order chi connectivity index (χ1) is 13.2. The lowest BCUT2D eigenvalue weighted by Crippen LogP contribution is -2.07. The summed E-state index contributed by atoms with van der Waals surface area (Å²) in [5.74, 6) is -0.279. The summed E-state index contributed by atoms with van der Waals surface area (Å²) in [6.45, 7) is 0. The van der Waals surface area contributed by atoms with Crippen LogP contribution >= 0.6 is 27.5 Å². The number of cyclic esters (lactones) is 1. The number of aliphatic imine (C=N–C) groups is 1. The van der Waals surface area contributed by atoms with E-state index < -0.39 is 16.1 Å². The molecule has 3 rings (SSSR count). The van der Waals surface area contributed by atoms with Crippen LogP contribution in [-0.2, 0) is 19.6 Å². The minimum atomic E-state index is -3.75. The van der Waals surface area contributed by atoms with Gasteiger partial charge in [-0.25, -0.2) is 9.79 Å². The zero-order chi connectivity index (χ0) is 20.5. The summed E-state index contributed by atoms with van der Waals surface area (Å²) in [7, 11) is -2.38. The Bertz CT molecular complexity index is 1110. The number of nitrogens with zero attached hydrogens (tertiary/aromatic N) is 1. The van der Waals surface area contributed by atoms with Gasteiger partial charge in [0.2, 0.25) is 5.90 Å². The SMILES string of the molecule is COc1cc(/C=C2/N=C(c3ccc(Cl)cc3)OC2=O)cc(Br)c1OS(C)(=O)=O. The number of rotatable bonds is 5. The number of hydrogen-bond acceptors (Lipinski definition) is 7. The number of esters is 1. The molecule has 0 fully saturated rings. The monoisotopic (exact) mass is 485 g/mol. The maximum Gasteiger partial charge on any atom is 0.363 e. The van der Waals surface area contributed by atoms with E-state index in [1.54, 1.807) is 30.3 Å². The third kappa shape index (κ3) is 4.73. The van der Waals surface area contributed by atoms with Crippen molar-refractivity contribution >= 4 is 55.6 Å². The molecule has 1 aliphatic rings. The number of hydrogen-bond donors (Lipinski definition) is 0. The van der Waals surface area contributed by atoms with E-state index in [-0.39, 0.29) is 23.1 Å². The second-order valence-corrected chi connectivity index (χ2v) is 8.53. The van der Waals surface area contributed by atoms with Gasteiger partial charge < -0.3 is 13.7 Å². The van der Waals surface area contributed by atoms with E-state index in [2.05, 4.69) is 20.9 Å². The van der Waals surface area contributed by atoms with Crippen molar-refractivity contribution in [2.24, 2.45) is 4.99 Å². The van der Waals surface area contributed by atoms with Crippen LogP contribution in [0.4, 0.5) is 0 Å². The Hall–Kier alpha value is -2.36. The molecule has 0 N–H and O–H groups in total. The van der Waals surface area contributed by atoms with Crippen LogP contribution < -0.4 is 8.92 Å². The first-order valence-electron chi connectivity index (χ1n) is 7.72. The fourth-order valence-corrected chi connectivity index (χ4v) is 3.59. The molecule has 0 aromatic heterocycles. The lowest BCUT2D eigenvalue weighted by molar-refractivity contribution is -0.129. The van der Waals surface area contributed by atoms with Gasteiger partial charge in [0.15, 0.2) is 17.2 Å². The van der Waals surface area contributed by atoms with Crippen LogP contribution in [0.3, 0.4) is 0 Å². The molecule has 10 heteroatoms. The number of carbonyl (C=O) groups is 1. The smallest absolute Gasteiger partial charge is 0.363 e. The van der Waals surface area contributed by atoms with E-state index in [4.69, 9.17) is 25.3 Å². The van der Waals surface area contributed by atoms with E-state index in [9.17, 15) is 13.2 Å². The lowest BCUT2D eigenvalue weighted by Gasteiger charge is -2.11. The Morgan fingerprint density at radius 3 is 2.50 bits per heavy atom. The van der Waals surface area contributed by atoms with Gasteiger partial charge in [-0.1, -0.05) is 11.6 Å². The van der Waals surface area contributed by atoms with Crippen LogP contribution in [0.15, 0.2) is 51.6 Å². The molecule has 0 saturated heterocycles. The quantitative estimate of drug-likeness (QED) is 0.363. The van der Waals surface area contributed by atoms with Gasteiger partial charge in [0.1, 0.15) is 0 Å². The fourth-order valence-electron chi connectivity index (χ4n) is 2.34. The highest BCUT2D eigenvalue weighted by atomic mass is 79.9. The van der Waals surface area contributed by atoms with Crippen molar-refractivity contribution in [1.82, 2.24) is 0 Å². The molecule has 0 bridgehead atoms. The number of carbonyl (C=O) groups excluding carboxylic acids is 1. The van der Waals surface area contributed by atoms with E-state index >= 15 is 0 Å². The van der Waals surface area contributed by atoms with E-state index in [0.717, 1.165) is 6.26 Å². The fraction of sp³-hybridized carbons (Fsp3) is 0.111. The predicted molar refractivity (Wildman–Crippen MR) is 108 cm³/mol. The molecule has 0 atom stereocenters. The molecule has 146 valence electrons. The summed E-state index contributed by atoms with van der Waals surface area (Å²) in [5, 5.41) is 0.554. The van der Waals surface area contributed by atoms with E-state index in [1.165, 1.54) is 19.3 Å². The number of ether oxygens (including phenoxy) is 2. The van der Waals surface area contributed by atoms with Crippen molar-refractivity contribution in [3.05, 3.63) is 62.7 Å². The van der Waals surface area contributed by atoms with Crippen molar-refractivity contribution in [2.45, 2.75) is 0 Å². The first kappa shape index (κ1) is 20.4. The molecular weight excluding hydrogens is 474 g/mol. The topological polar surface area (TPSA) is 91.3 Å². The Morgan fingerprint density at radius 2 is 1.89 bits per heavy atom. The Balaban J connectivity index is 1.97. The van der Waals surface area contributed by atoms with Gasteiger partial charge in [-0.2, -0.15) is 8.42 Å². The lowest BCUT2D eigenvalue weighted by atomic mass is 10.1. The highest BCUT2D eigenvalue weighted by Crippen LogP contribution is 2.38. The maximum atomic E-state index is 12.1. The molecule has 7 nitrogen and oxygen atoms in total. The van der Waals surface area contributed by atoms with Crippen molar-refractivity contribution in [3.63, 3.8) is 0 Å². The Labute approximate surface area is 174 Å². The summed E-state index contributed by atoms with van der Waals surface area (Å²) in [6.07, 6.45) is 2.42. The third-order valence-electron chi connectivity index (χ3n) is 3.50. The minimum absolute atomic E-state index is 0.00602. The number of halogens is 2.